The van der Waals surface area contributed by atoms with E-state index in [9.17, 15) is 4.79 Å². The Kier molecular flexibility index (Phi) is 2.05. The molecule has 4 aliphatic carbocycles. The lowest BCUT2D eigenvalue weighted by molar-refractivity contribution is -0.123. The number of ketones is 1. The van der Waals surface area contributed by atoms with Crippen LogP contribution in [-0.2, 0) is 4.79 Å². The average Bonchev–Trinajstić information content (AvgIpc) is 2.54. The van der Waals surface area contributed by atoms with E-state index in [1.807, 2.05) is 0 Å². The maximum Gasteiger partial charge on any atom is 0.161 e. The molecule has 3 saturated carbocycles. The molecule has 82 valence electrons. The van der Waals surface area contributed by atoms with Crippen molar-refractivity contribution in [3.63, 3.8) is 0 Å². The highest BCUT2D eigenvalue weighted by Gasteiger charge is 2.46. The molecule has 0 amide bonds. The van der Waals surface area contributed by atoms with Gasteiger partial charge in [0.15, 0.2) is 5.78 Å². The van der Waals surface area contributed by atoms with E-state index >= 15 is 0 Å². The van der Waals surface area contributed by atoms with Crippen LogP contribution < -0.4 is 0 Å². The second kappa shape index (κ2) is 3.20. The van der Waals surface area contributed by atoms with Crippen molar-refractivity contribution in [3.05, 3.63) is 11.1 Å². The zero-order chi connectivity index (χ0) is 10.6. The number of allylic oxidation sites excluding steroid dienone is 2. The number of carbonyl (C=O) groups excluding carboxylic acids is 1. The van der Waals surface area contributed by atoms with Crippen molar-refractivity contribution in [3.8, 4) is 0 Å². The van der Waals surface area contributed by atoms with Crippen LogP contribution in [0.4, 0.5) is 0 Å². The van der Waals surface area contributed by atoms with Crippen LogP contribution in [0, 0.1) is 23.7 Å². The van der Waals surface area contributed by atoms with Crippen LogP contribution in [0.15, 0.2) is 11.1 Å². The summed E-state index contributed by atoms with van der Waals surface area (Å²) in [7, 11) is 0. The summed E-state index contributed by atoms with van der Waals surface area (Å²) < 4.78 is 0. The fourth-order valence-electron chi connectivity index (χ4n) is 4.24. The molecule has 1 nitrogen and oxygen atoms in total. The molecule has 4 bridgehead atoms. The standard InChI is InChI=1S/C14H20O/c1-8-9(2)14(15)13-7-10-3-5-11(8)12(13)6-4-10/h10-13H,3-7H2,1-2H3. The fraction of sp³-hybridized carbons (Fsp3) is 0.786. The minimum absolute atomic E-state index is 0.403. The van der Waals surface area contributed by atoms with Crippen LogP contribution in [0.25, 0.3) is 0 Å². The summed E-state index contributed by atoms with van der Waals surface area (Å²) in [5.74, 6) is 3.21. The largest absolute Gasteiger partial charge is 0.294 e. The zero-order valence-electron chi connectivity index (χ0n) is 9.75. The fourth-order valence-corrected chi connectivity index (χ4v) is 4.24. The van der Waals surface area contributed by atoms with Crippen LogP contribution >= 0.6 is 0 Å². The summed E-state index contributed by atoms with van der Waals surface area (Å²) in [4.78, 5) is 12.2. The third-order valence-corrected chi connectivity index (χ3v) is 5.27. The summed E-state index contributed by atoms with van der Waals surface area (Å²) >= 11 is 0. The van der Waals surface area contributed by atoms with Gasteiger partial charge in [-0.3, -0.25) is 4.79 Å². The molecular formula is C14H20O. The number of rotatable bonds is 0. The monoisotopic (exact) mass is 204 g/mol. The van der Waals surface area contributed by atoms with E-state index in [-0.39, 0.29) is 0 Å². The molecule has 3 fully saturated rings. The Balaban J connectivity index is 2.08. The van der Waals surface area contributed by atoms with E-state index in [1.165, 1.54) is 37.7 Å². The summed E-state index contributed by atoms with van der Waals surface area (Å²) in [6.45, 7) is 4.25. The predicted octanol–water partition coefficient (Wildman–Crippen LogP) is 3.35. The SMILES string of the molecule is CC1=C(C)C2CCC3CCC2C(C3)C1=O. The molecule has 0 aliphatic heterocycles. The van der Waals surface area contributed by atoms with Gasteiger partial charge in [-0.1, -0.05) is 12.0 Å². The zero-order valence-corrected chi connectivity index (χ0v) is 9.75. The van der Waals surface area contributed by atoms with Crippen molar-refractivity contribution in [1.29, 1.82) is 0 Å². The molecule has 4 atom stereocenters. The van der Waals surface area contributed by atoms with Crippen LogP contribution in [0.2, 0.25) is 0 Å². The number of hydrogen-bond donors (Lipinski definition) is 0. The maximum atomic E-state index is 12.2. The first-order valence-electron chi connectivity index (χ1n) is 6.40. The van der Waals surface area contributed by atoms with E-state index in [4.69, 9.17) is 0 Å². The molecule has 4 aliphatic rings. The first-order valence-corrected chi connectivity index (χ1v) is 6.40. The second-order valence-corrected chi connectivity index (χ2v) is 5.81. The normalized spacial score (nSPS) is 44.5. The Bertz CT molecular complexity index is 339. The van der Waals surface area contributed by atoms with E-state index in [0.29, 0.717) is 17.6 Å². The number of carbonyl (C=O) groups is 1. The average molecular weight is 204 g/mol. The molecule has 0 spiro atoms. The van der Waals surface area contributed by atoms with Crippen molar-refractivity contribution in [1.82, 2.24) is 0 Å². The van der Waals surface area contributed by atoms with E-state index in [1.54, 1.807) is 0 Å². The summed E-state index contributed by atoms with van der Waals surface area (Å²) in [6.07, 6.45) is 6.62. The highest BCUT2D eigenvalue weighted by Crippen LogP contribution is 2.52. The Morgan fingerprint density at radius 3 is 2.53 bits per heavy atom. The van der Waals surface area contributed by atoms with Crippen molar-refractivity contribution in [2.45, 2.75) is 46.0 Å². The van der Waals surface area contributed by atoms with Crippen LogP contribution in [0.5, 0.6) is 0 Å². The lowest BCUT2D eigenvalue weighted by atomic mass is 9.64. The van der Waals surface area contributed by atoms with Gasteiger partial charge in [-0.2, -0.15) is 0 Å². The molecule has 0 aromatic carbocycles. The van der Waals surface area contributed by atoms with Gasteiger partial charge in [-0.25, -0.2) is 0 Å². The Morgan fingerprint density at radius 1 is 1.00 bits per heavy atom. The Labute approximate surface area is 91.9 Å². The van der Waals surface area contributed by atoms with Crippen molar-refractivity contribution in [2.24, 2.45) is 23.7 Å². The quantitative estimate of drug-likeness (QED) is 0.591. The predicted molar refractivity (Wildman–Crippen MR) is 60.4 cm³/mol. The third-order valence-electron chi connectivity index (χ3n) is 5.27. The highest BCUT2D eigenvalue weighted by molar-refractivity contribution is 5.98. The van der Waals surface area contributed by atoms with Gasteiger partial charge in [0.25, 0.3) is 0 Å². The molecular weight excluding hydrogens is 184 g/mol. The molecule has 4 unspecified atom stereocenters. The van der Waals surface area contributed by atoms with Crippen molar-refractivity contribution >= 4 is 5.78 Å². The van der Waals surface area contributed by atoms with E-state index in [2.05, 4.69) is 13.8 Å². The molecule has 15 heavy (non-hydrogen) atoms. The van der Waals surface area contributed by atoms with Gasteiger partial charge < -0.3 is 0 Å². The molecule has 4 rings (SSSR count). The number of hydrogen-bond acceptors (Lipinski definition) is 1. The van der Waals surface area contributed by atoms with Crippen molar-refractivity contribution in [2.75, 3.05) is 0 Å². The summed E-state index contributed by atoms with van der Waals surface area (Å²) in [5.41, 5.74) is 2.52. The third kappa shape index (κ3) is 1.25. The lowest BCUT2D eigenvalue weighted by Crippen LogP contribution is -2.37. The molecule has 1 heteroatoms. The number of fused-ring (bicyclic) bond motifs is 2. The summed E-state index contributed by atoms with van der Waals surface area (Å²) in [6, 6.07) is 0. The van der Waals surface area contributed by atoms with Crippen molar-refractivity contribution < 1.29 is 4.79 Å². The summed E-state index contributed by atoms with van der Waals surface area (Å²) in [5, 5.41) is 0. The van der Waals surface area contributed by atoms with Gasteiger partial charge in [0.2, 0.25) is 0 Å². The topological polar surface area (TPSA) is 17.1 Å². The van der Waals surface area contributed by atoms with E-state index in [0.717, 1.165) is 17.4 Å². The minimum Gasteiger partial charge on any atom is -0.294 e. The minimum atomic E-state index is 0.403. The molecule has 0 aromatic rings. The Hall–Kier alpha value is -0.590. The number of Topliss-reactive ketones (excluding diaryl/α,β-unsaturated/α-hetero) is 1. The molecule has 0 N–H and O–H groups in total. The smallest absolute Gasteiger partial charge is 0.161 e. The Morgan fingerprint density at radius 2 is 1.73 bits per heavy atom. The van der Waals surface area contributed by atoms with Gasteiger partial charge in [-0.05, 0) is 62.9 Å². The van der Waals surface area contributed by atoms with E-state index < -0.39 is 0 Å². The van der Waals surface area contributed by atoms with Gasteiger partial charge in [0.05, 0.1) is 0 Å². The lowest BCUT2D eigenvalue weighted by Gasteiger charge is -2.39. The second-order valence-electron chi connectivity index (χ2n) is 5.81. The van der Waals surface area contributed by atoms with Crippen LogP contribution in [0.1, 0.15) is 46.0 Å². The van der Waals surface area contributed by atoms with Crippen LogP contribution in [-0.4, -0.2) is 5.78 Å². The first kappa shape index (κ1) is 9.62. The highest BCUT2D eigenvalue weighted by atomic mass is 16.1. The van der Waals surface area contributed by atoms with Crippen LogP contribution in [0.3, 0.4) is 0 Å². The first-order chi connectivity index (χ1) is 7.18. The molecule has 0 radical (unpaired) electrons. The molecule has 0 saturated heterocycles. The van der Waals surface area contributed by atoms with Gasteiger partial charge in [0.1, 0.15) is 0 Å². The molecule has 0 aromatic heterocycles. The maximum absolute atomic E-state index is 12.2. The van der Waals surface area contributed by atoms with Gasteiger partial charge >= 0.3 is 0 Å². The molecule has 0 heterocycles. The van der Waals surface area contributed by atoms with Gasteiger partial charge in [-0.15, -0.1) is 0 Å². The van der Waals surface area contributed by atoms with Gasteiger partial charge in [0, 0.05) is 5.92 Å².